The van der Waals surface area contributed by atoms with Gasteiger partial charge in [-0.25, -0.2) is 23.4 Å². The quantitative estimate of drug-likeness (QED) is 0.247. The van der Waals surface area contributed by atoms with Crippen molar-refractivity contribution in [3.63, 3.8) is 0 Å². The van der Waals surface area contributed by atoms with Crippen LogP contribution in [0.4, 0.5) is 14.5 Å². The van der Waals surface area contributed by atoms with Crippen LogP contribution in [0.1, 0.15) is 28.9 Å². The third-order valence-electron chi connectivity index (χ3n) is 8.05. The molecule has 0 aliphatic carbocycles. The minimum atomic E-state index is -0.784. The molecule has 2 aliphatic heterocycles. The first-order valence-electron chi connectivity index (χ1n) is 15.7. The monoisotopic (exact) mass is 693 g/mol. The summed E-state index contributed by atoms with van der Waals surface area (Å²) in [5.74, 6) is -0.822. The van der Waals surface area contributed by atoms with E-state index in [2.05, 4.69) is 15.3 Å². The van der Waals surface area contributed by atoms with Gasteiger partial charge in [-0.2, -0.15) is 0 Å². The second-order valence-corrected chi connectivity index (χ2v) is 11.6. The molecule has 3 aromatic carbocycles. The molecule has 0 saturated heterocycles. The van der Waals surface area contributed by atoms with Crippen molar-refractivity contribution in [3.8, 4) is 28.8 Å². The lowest BCUT2D eigenvalue weighted by Gasteiger charge is -2.19. The Morgan fingerprint density at radius 3 is 2.43 bits per heavy atom. The van der Waals surface area contributed by atoms with Crippen LogP contribution in [0.2, 0.25) is 5.02 Å². The highest BCUT2D eigenvalue weighted by Gasteiger charge is 2.29. The van der Waals surface area contributed by atoms with E-state index in [1.54, 1.807) is 28.9 Å². The van der Waals surface area contributed by atoms with Crippen molar-refractivity contribution in [3.05, 3.63) is 93.1 Å². The topological polar surface area (TPSA) is 128 Å². The standard InChI is InChI=1S/C34H30ClF2N5O7/c35-23-16-21(40-32(43)31-26-3-1-2-8-41(26)42(34(31)44)27-15-20(36)4-6-24(27)37)5-7-28(23)49-33-22-17-29-30(18-25(22)38-19-39-33)48-14-12-46-10-9-45-11-13-47-29/h4-7,15-19H,1-3,8-14H2,(H,40,43). The van der Waals surface area contributed by atoms with Gasteiger partial charge in [-0.1, -0.05) is 11.6 Å². The Morgan fingerprint density at radius 2 is 1.65 bits per heavy atom. The molecule has 15 heteroatoms. The molecule has 1 amide bonds. The molecule has 0 bridgehead atoms. The molecule has 0 fully saturated rings. The molecule has 0 spiro atoms. The van der Waals surface area contributed by atoms with Crippen molar-refractivity contribution in [1.29, 1.82) is 0 Å². The van der Waals surface area contributed by atoms with Gasteiger partial charge in [0.05, 0.1) is 48.0 Å². The van der Waals surface area contributed by atoms with Crippen molar-refractivity contribution in [2.75, 3.05) is 45.0 Å². The number of hydrogen-bond donors (Lipinski definition) is 1. The Morgan fingerprint density at radius 1 is 0.898 bits per heavy atom. The summed E-state index contributed by atoms with van der Waals surface area (Å²) >= 11 is 6.60. The highest BCUT2D eigenvalue weighted by Crippen LogP contribution is 2.38. The minimum absolute atomic E-state index is 0.144. The first kappa shape index (κ1) is 32.5. The van der Waals surface area contributed by atoms with Crippen LogP contribution < -0.4 is 25.1 Å². The van der Waals surface area contributed by atoms with E-state index in [1.165, 1.54) is 12.4 Å². The molecular formula is C34H30ClF2N5O7. The number of aromatic nitrogens is 4. The molecule has 1 N–H and O–H groups in total. The predicted molar refractivity (Wildman–Crippen MR) is 175 cm³/mol. The molecule has 2 aromatic heterocycles. The zero-order chi connectivity index (χ0) is 33.9. The molecule has 12 nitrogen and oxygen atoms in total. The number of benzene rings is 3. The Kier molecular flexibility index (Phi) is 9.42. The minimum Gasteiger partial charge on any atom is -0.487 e. The summed E-state index contributed by atoms with van der Waals surface area (Å²) in [5.41, 5.74) is 0.105. The summed E-state index contributed by atoms with van der Waals surface area (Å²) < 4.78 is 60.3. The highest BCUT2D eigenvalue weighted by molar-refractivity contribution is 6.32. The lowest BCUT2D eigenvalue weighted by molar-refractivity contribution is 0.0224. The van der Waals surface area contributed by atoms with E-state index in [9.17, 15) is 18.4 Å². The van der Waals surface area contributed by atoms with Gasteiger partial charge in [-0.15, -0.1) is 0 Å². The maximum absolute atomic E-state index is 14.8. The van der Waals surface area contributed by atoms with Gasteiger partial charge in [0.2, 0.25) is 5.88 Å². The number of carbonyl (C=O) groups excluding carboxylic acids is 1. The predicted octanol–water partition coefficient (Wildman–Crippen LogP) is 5.70. The van der Waals surface area contributed by atoms with Crippen LogP contribution in [-0.4, -0.2) is 64.9 Å². The molecular weight excluding hydrogens is 664 g/mol. The number of nitrogens with one attached hydrogen (secondary N) is 1. The summed E-state index contributed by atoms with van der Waals surface area (Å²) in [6.07, 6.45) is 3.22. The van der Waals surface area contributed by atoms with E-state index in [4.69, 9.17) is 35.3 Å². The number of fused-ring (bicyclic) bond motifs is 3. The lowest BCUT2D eigenvalue weighted by atomic mass is 10.1. The third kappa shape index (κ3) is 6.80. The van der Waals surface area contributed by atoms with Gasteiger partial charge in [0, 0.05) is 24.4 Å². The summed E-state index contributed by atoms with van der Waals surface area (Å²) in [5, 5.41) is 3.39. The second kappa shape index (κ2) is 14.2. The van der Waals surface area contributed by atoms with E-state index < -0.39 is 23.1 Å². The highest BCUT2D eigenvalue weighted by atomic mass is 35.5. The average Bonchev–Trinajstić information content (AvgIpc) is 3.38. The van der Waals surface area contributed by atoms with Crippen molar-refractivity contribution < 1.29 is 37.3 Å². The Hall–Kier alpha value is -5.05. The van der Waals surface area contributed by atoms with E-state index in [-0.39, 0.29) is 40.2 Å². The number of rotatable bonds is 5. The fourth-order valence-corrected chi connectivity index (χ4v) is 6.02. The van der Waals surface area contributed by atoms with Crippen molar-refractivity contribution >= 4 is 34.1 Å². The lowest BCUT2D eigenvalue weighted by Crippen LogP contribution is -2.26. The maximum Gasteiger partial charge on any atom is 0.284 e. The molecule has 0 saturated carbocycles. The Labute approximate surface area is 283 Å². The molecule has 4 heterocycles. The molecule has 0 unspecified atom stereocenters. The first-order chi connectivity index (χ1) is 23.9. The van der Waals surface area contributed by atoms with Crippen LogP contribution in [-0.2, 0) is 22.4 Å². The van der Waals surface area contributed by atoms with Crippen LogP contribution in [0.25, 0.3) is 16.6 Å². The van der Waals surface area contributed by atoms with E-state index in [0.29, 0.717) is 80.5 Å². The van der Waals surface area contributed by atoms with Crippen LogP contribution in [0.5, 0.6) is 23.1 Å². The van der Waals surface area contributed by atoms with Gasteiger partial charge in [-0.05, 0) is 55.7 Å². The van der Waals surface area contributed by atoms with Crippen molar-refractivity contribution in [2.45, 2.75) is 25.8 Å². The number of ether oxygens (including phenoxy) is 5. The average molecular weight is 694 g/mol. The van der Waals surface area contributed by atoms with Crippen LogP contribution in [0.3, 0.4) is 0 Å². The normalized spacial score (nSPS) is 15.2. The molecule has 0 radical (unpaired) electrons. The van der Waals surface area contributed by atoms with Gasteiger partial charge in [0.15, 0.2) is 11.5 Å². The zero-order valence-electron chi connectivity index (χ0n) is 26.0. The molecule has 2 aliphatic rings. The maximum atomic E-state index is 14.8. The van der Waals surface area contributed by atoms with Gasteiger partial charge < -0.3 is 29.0 Å². The van der Waals surface area contributed by atoms with E-state index in [0.717, 1.165) is 29.3 Å². The van der Waals surface area contributed by atoms with Crippen LogP contribution >= 0.6 is 11.6 Å². The molecule has 0 atom stereocenters. The van der Waals surface area contributed by atoms with Gasteiger partial charge in [-0.3, -0.25) is 14.3 Å². The number of halogens is 3. The largest absolute Gasteiger partial charge is 0.487 e. The summed E-state index contributed by atoms with van der Waals surface area (Å²) in [6, 6.07) is 10.9. The van der Waals surface area contributed by atoms with Gasteiger partial charge in [0.25, 0.3) is 11.5 Å². The zero-order valence-corrected chi connectivity index (χ0v) is 26.8. The van der Waals surface area contributed by atoms with Crippen LogP contribution in [0, 0.1) is 11.6 Å². The Bertz CT molecular complexity index is 2100. The van der Waals surface area contributed by atoms with Crippen LogP contribution in [0.15, 0.2) is 59.7 Å². The second-order valence-electron chi connectivity index (χ2n) is 11.2. The molecule has 7 rings (SSSR count). The number of amides is 1. The summed E-state index contributed by atoms with van der Waals surface area (Å²) in [4.78, 5) is 35.8. The molecule has 254 valence electrons. The Balaban J connectivity index is 1.14. The van der Waals surface area contributed by atoms with E-state index >= 15 is 0 Å². The van der Waals surface area contributed by atoms with E-state index in [1.807, 2.05) is 0 Å². The van der Waals surface area contributed by atoms with Crippen molar-refractivity contribution in [2.24, 2.45) is 0 Å². The van der Waals surface area contributed by atoms with Crippen molar-refractivity contribution in [1.82, 2.24) is 19.3 Å². The molecule has 49 heavy (non-hydrogen) atoms. The van der Waals surface area contributed by atoms with Gasteiger partial charge >= 0.3 is 0 Å². The third-order valence-corrected chi connectivity index (χ3v) is 8.34. The first-order valence-corrected chi connectivity index (χ1v) is 16.0. The summed E-state index contributed by atoms with van der Waals surface area (Å²) in [7, 11) is 0. The molecule has 5 aromatic rings. The number of nitrogens with zero attached hydrogens (tertiary/aromatic N) is 4. The number of anilines is 1. The SMILES string of the molecule is O=C(Nc1ccc(Oc2ncnc3cc4c(cc23)OCCOCCOCCO4)c(Cl)c1)c1c2n(n(-c3cc(F)ccc3F)c1=O)CCCC2. The fourth-order valence-electron chi connectivity index (χ4n) is 5.80. The number of hydrogen-bond acceptors (Lipinski definition) is 9. The number of carbonyl (C=O) groups is 1. The fraction of sp³-hybridized carbons (Fsp3) is 0.294. The van der Waals surface area contributed by atoms with Gasteiger partial charge in [0.1, 0.15) is 48.2 Å². The smallest absolute Gasteiger partial charge is 0.284 e. The summed E-state index contributed by atoms with van der Waals surface area (Å²) in [6.45, 7) is 2.63.